The number of hydrogen-bond acceptors (Lipinski definition) is 5. The number of nitrogens with two attached hydrogens (primary N) is 1. The molecule has 2 heterocycles. The Labute approximate surface area is 175 Å². The fraction of sp³-hybridized carbons (Fsp3) is 0.304. The van der Waals surface area contributed by atoms with Crippen molar-refractivity contribution in [3.8, 4) is 5.75 Å². The Kier molecular flexibility index (Phi) is 5.99. The third-order valence-corrected chi connectivity index (χ3v) is 5.57. The van der Waals surface area contributed by atoms with Gasteiger partial charge in [-0.3, -0.25) is 4.79 Å². The maximum absolute atomic E-state index is 12.6. The number of amides is 1. The number of anilines is 1. The Bertz CT molecular complexity index is 1020. The molecule has 0 unspecified atom stereocenters. The maximum Gasteiger partial charge on any atom is 0.260 e. The number of fused-ring (bicyclic) bond motifs is 1. The summed E-state index contributed by atoms with van der Waals surface area (Å²) in [5, 5.41) is 8.38. The Hall–Kier alpha value is -3.32. The van der Waals surface area contributed by atoms with Crippen LogP contribution in [0.5, 0.6) is 5.75 Å². The highest BCUT2D eigenvalue weighted by Gasteiger charge is 2.21. The van der Waals surface area contributed by atoms with Crippen LogP contribution >= 0.6 is 0 Å². The first-order valence-electron chi connectivity index (χ1n) is 10.2. The molecule has 30 heavy (non-hydrogen) atoms. The number of aromatic nitrogens is 1. The van der Waals surface area contributed by atoms with E-state index in [1.807, 2.05) is 53.6 Å². The highest BCUT2D eigenvalue weighted by Crippen LogP contribution is 2.24. The van der Waals surface area contributed by atoms with Crippen LogP contribution in [0.25, 0.3) is 10.9 Å². The number of ether oxygens (including phenoxy) is 1. The first-order chi connectivity index (χ1) is 14.7. The standard InChI is InChI=1S/C23H27N5O2/c24-8-7-18-15-26-22-6-5-20(13-21(18)22)30-16-23(29)28-11-9-27(10-12-28)19-3-1-17(14-25)2-4-19/h1-6,13-15,25-26H,7-12,16,24H2. The van der Waals surface area contributed by atoms with E-state index in [2.05, 4.69) is 9.88 Å². The molecule has 0 spiro atoms. The lowest BCUT2D eigenvalue weighted by Crippen LogP contribution is -2.50. The monoisotopic (exact) mass is 405 g/mol. The van der Waals surface area contributed by atoms with Gasteiger partial charge in [0, 0.05) is 55.2 Å². The molecule has 1 fully saturated rings. The number of H-pyrrole nitrogens is 1. The summed E-state index contributed by atoms with van der Waals surface area (Å²) in [7, 11) is 0. The van der Waals surface area contributed by atoms with Gasteiger partial charge in [0.05, 0.1) is 0 Å². The van der Waals surface area contributed by atoms with Gasteiger partial charge in [0.15, 0.2) is 6.61 Å². The second-order valence-corrected chi connectivity index (χ2v) is 7.45. The molecular weight excluding hydrogens is 378 g/mol. The van der Waals surface area contributed by atoms with Crippen LogP contribution in [0.15, 0.2) is 48.7 Å². The first-order valence-corrected chi connectivity index (χ1v) is 10.2. The number of carbonyl (C=O) groups excluding carboxylic acids is 1. The van der Waals surface area contributed by atoms with E-state index >= 15 is 0 Å². The van der Waals surface area contributed by atoms with E-state index in [1.54, 1.807) is 0 Å². The van der Waals surface area contributed by atoms with Crippen molar-refractivity contribution >= 4 is 28.7 Å². The van der Waals surface area contributed by atoms with Crippen LogP contribution in [0.1, 0.15) is 11.1 Å². The summed E-state index contributed by atoms with van der Waals surface area (Å²) in [6, 6.07) is 13.8. The highest BCUT2D eigenvalue weighted by molar-refractivity contribution is 5.85. The maximum atomic E-state index is 12.6. The zero-order valence-corrected chi connectivity index (χ0v) is 16.9. The molecule has 1 saturated heterocycles. The topological polar surface area (TPSA) is 98.4 Å². The molecule has 156 valence electrons. The summed E-state index contributed by atoms with van der Waals surface area (Å²) in [6.07, 6.45) is 4.12. The average Bonchev–Trinajstić information content (AvgIpc) is 3.20. The lowest BCUT2D eigenvalue weighted by Gasteiger charge is -2.36. The Morgan fingerprint density at radius 2 is 1.90 bits per heavy atom. The summed E-state index contributed by atoms with van der Waals surface area (Å²) in [4.78, 5) is 20.0. The number of benzene rings is 2. The summed E-state index contributed by atoms with van der Waals surface area (Å²) >= 11 is 0. The molecule has 1 aliphatic rings. The van der Waals surface area contributed by atoms with Crippen molar-refractivity contribution in [2.75, 3.05) is 44.2 Å². The van der Waals surface area contributed by atoms with Crippen LogP contribution in [0, 0.1) is 5.41 Å². The van der Waals surface area contributed by atoms with Crippen LogP contribution < -0.4 is 15.4 Å². The Morgan fingerprint density at radius 1 is 1.13 bits per heavy atom. The van der Waals surface area contributed by atoms with Crippen molar-refractivity contribution in [3.05, 3.63) is 59.8 Å². The van der Waals surface area contributed by atoms with Crippen LogP contribution in [0.3, 0.4) is 0 Å². The fourth-order valence-corrected chi connectivity index (χ4v) is 3.84. The molecule has 0 atom stereocenters. The minimum absolute atomic E-state index is 0.00477. The van der Waals surface area contributed by atoms with E-state index in [0.717, 1.165) is 47.2 Å². The molecular formula is C23H27N5O2. The average molecular weight is 406 g/mol. The number of nitrogens with zero attached hydrogens (tertiary/aromatic N) is 2. The smallest absolute Gasteiger partial charge is 0.260 e. The molecule has 4 rings (SSSR count). The highest BCUT2D eigenvalue weighted by atomic mass is 16.5. The van der Waals surface area contributed by atoms with Gasteiger partial charge in [-0.05, 0) is 54.4 Å². The fourth-order valence-electron chi connectivity index (χ4n) is 3.84. The van der Waals surface area contributed by atoms with Gasteiger partial charge in [0.25, 0.3) is 5.91 Å². The molecule has 1 aliphatic heterocycles. The second-order valence-electron chi connectivity index (χ2n) is 7.45. The van der Waals surface area contributed by atoms with Crippen molar-refractivity contribution in [3.63, 3.8) is 0 Å². The quantitative estimate of drug-likeness (QED) is 0.526. The van der Waals surface area contributed by atoms with E-state index in [1.165, 1.54) is 6.21 Å². The molecule has 2 aromatic carbocycles. The Morgan fingerprint density at radius 3 is 2.60 bits per heavy atom. The molecule has 0 bridgehead atoms. The van der Waals surface area contributed by atoms with Crippen LogP contribution in [0.4, 0.5) is 5.69 Å². The number of hydrogen-bond donors (Lipinski definition) is 3. The molecule has 1 aromatic heterocycles. The van der Waals surface area contributed by atoms with E-state index in [0.29, 0.717) is 25.4 Å². The minimum atomic E-state index is 0.00477. The molecule has 0 saturated carbocycles. The van der Waals surface area contributed by atoms with Crippen LogP contribution in [-0.2, 0) is 11.2 Å². The van der Waals surface area contributed by atoms with Gasteiger partial charge in [-0.25, -0.2) is 0 Å². The predicted molar refractivity (Wildman–Crippen MR) is 120 cm³/mol. The molecule has 1 amide bonds. The number of piperazine rings is 1. The number of nitrogens with one attached hydrogen (secondary N) is 2. The molecule has 3 aromatic rings. The normalized spacial score (nSPS) is 14.2. The van der Waals surface area contributed by atoms with E-state index in [9.17, 15) is 4.79 Å². The molecule has 0 aliphatic carbocycles. The molecule has 0 radical (unpaired) electrons. The van der Waals surface area contributed by atoms with Gasteiger partial charge in [0.1, 0.15) is 5.75 Å². The van der Waals surface area contributed by atoms with Gasteiger partial charge < -0.3 is 30.7 Å². The van der Waals surface area contributed by atoms with Gasteiger partial charge in [-0.2, -0.15) is 0 Å². The third kappa shape index (κ3) is 4.31. The Balaban J connectivity index is 1.31. The summed E-state index contributed by atoms with van der Waals surface area (Å²) in [5.74, 6) is 0.698. The number of carbonyl (C=O) groups is 1. The van der Waals surface area contributed by atoms with Gasteiger partial charge >= 0.3 is 0 Å². The summed E-state index contributed by atoms with van der Waals surface area (Å²) in [5.41, 5.74) is 9.90. The van der Waals surface area contributed by atoms with Gasteiger partial charge in [-0.1, -0.05) is 12.1 Å². The van der Waals surface area contributed by atoms with E-state index in [-0.39, 0.29) is 12.5 Å². The molecule has 4 N–H and O–H groups in total. The van der Waals surface area contributed by atoms with Crippen molar-refractivity contribution in [1.29, 1.82) is 5.41 Å². The SMILES string of the molecule is N=Cc1ccc(N2CCN(C(=O)COc3ccc4[nH]cc(CCN)c4c3)CC2)cc1. The van der Waals surface area contributed by atoms with Gasteiger partial charge in [0.2, 0.25) is 0 Å². The predicted octanol–water partition coefficient (Wildman–Crippen LogP) is 2.39. The molecule has 7 nitrogen and oxygen atoms in total. The van der Waals surface area contributed by atoms with Crippen molar-refractivity contribution in [2.45, 2.75) is 6.42 Å². The summed E-state index contributed by atoms with van der Waals surface area (Å²) in [6.45, 7) is 3.55. The summed E-state index contributed by atoms with van der Waals surface area (Å²) < 4.78 is 5.80. The van der Waals surface area contributed by atoms with E-state index < -0.39 is 0 Å². The van der Waals surface area contributed by atoms with Crippen LogP contribution in [-0.4, -0.2) is 61.3 Å². The number of rotatable bonds is 7. The zero-order valence-electron chi connectivity index (χ0n) is 16.9. The molecule has 7 heteroatoms. The van der Waals surface area contributed by atoms with E-state index in [4.69, 9.17) is 15.9 Å². The minimum Gasteiger partial charge on any atom is -0.484 e. The third-order valence-electron chi connectivity index (χ3n) is 5.57. The van der Waals surface area contributed by atoms with Crippen molar-refractivity contribution in [1.82, 2.24) is 9.88 Å². The zero-order chi connectivity index (χ0) is 20.9. The number of aromatic amines is 1. The lowest BCUT2D eigenvalue weighted by molar-refractivity contribution is -0.133. The van der Waals surface area contributed by atoms with Crippen molar-refractivity contribution < 1.29 is 9.53 Å². The van der Waals surface area contributed by atoms with Crippen LogP contribution in [0.2, 0.25) is 0 Å². The van der Waals surface area contributed by atoms with Crippen molar-refractivity contribution in [2.24, 2.45) is 5.73 Å². The van der Waals surface area contributed by atoms with Gasteiger partial charge in [-0.15, -0.1) is 0 Å². The first kappa shape index (κ1) is 20.0. The second kappa shape index (κ2) is 9.00. The largest absolute Gasteiger partial charge is 0.484 e. The lowest BCUT2D eigenvalue weighted by atomic mass is 10.1.